The minimum absolute atomic E-state index is 0.634. The summed E-state index contributed by atoms with van der Waals surface area (Å²) in [4.78, 5) is 21.2. The second-order valence-electron chi connectivity index (χ2n) is 14.6. The molecule has 0 amide bonds. The maximum absolute atomic E-state index is 5.54. The molecule has 0 unspecified atom stereocenters. The van der Waals surface area contributed by atoms with Gasteiger partial charge in [-0.05, 0) is 52.6 Å². The molecule has 276 valence electrons. The third-order valence-electron chi connectivity index (χ3n) is 11.1. The van der Waals surface area contributed by atoms with E-state index in [4.69, 9.17) is 19.9 Å². The zero-order chi connectivity index (χ0) is 39.1. The van der Waals surface area contributed by atoms with Crippen molar-refractivity contribution in [3.63, 3.8) is 0 Å². The number of hydrogen-bond acceptors (Lipinski definition) is 4. The van der Waals surface area contributed by atoms with Crippen molar-refractivity contribution in [2.24, 2.45) is 0 Å². The Morgan fingerprint density at radius 2 is 0.898 bits per heavy atom. The van der Waals surface area contributed by atoms with Gasteiger partial charge in [0, 0.05) is 45.1 Å². The van der Waals surface area contributed by atoms with Crippen LogP contribution in [-0.2, 0) is 0 Å². The van der Waals surface area contributed by atoms with Crippen molar-refractivity contribution in [3.8, 4) is 73.1 Å². The first kappa shape index (κ1) is 34.2. The first-order valence-corrected chi connectivity index (χ1v) is 19.8. The maximum atomic E-state index is 5.54. The number of para-hydroxylation sites is 3. The molecular formula is C54H35N5. The summed E-state index contributed by atoms with van der Waals surface area (Å²) < 4.78 is 2.23. The van der Waals surface area contributed by atoms with Crippen molar-refractivity contribution in [1.82, 2.24) is 24.5 Å². The van der Waals surface area contributed by atoms with Crippen LogP contribution in [0.1, 0.15) is 0 Å². The lowest BCUT2D eigenvalue weighted by molar-refractivity contribution is 1.10. The quantitative estimate of drug-likeness (QED) is 0.152. The molecule has 0 N–H and O–H groups in total. The van der Waals surface area contributed by atoms with Gasteiger partial charge in [0.1, 0.15) is 5.82 Å². The van der Waals surface area contributed by atoms with E-state index in [1.54, 1.807) is 0 Å². The van der Waals surface area contributed by atoms with E-state index in [0.717, 1.165) is 94.6 Å². The number of rotatable bonds is 7. The zero-order valence-electron chi connectivity index (χ0n) is 31.9. The van der Waals surface area contributed by atoms with Gasteiger partial charge in [0.05, 0.1) is 33.1 Å². The number of pyridine rings is 1. The highest BCUT2D eigenvalue weighted by molar-refractivity contribution is 6.22. The first-order chi connectivity index (χ1) is 29.3. The lowest BCUT2D eigenvalue weighted by Gasteiger charge is -2.20. The Balaban J connectivity index is 1.17. The molecule has 0 atom stereocenters. The summed E-state index contributed by atoms with van der Waals surface area (Å²) in [5, 5.41) is 1.97. The largest absolute Gasteiger partial charge is 0.292 e. The Morgan fingerprint density at radius 1 is 0.356 bits per heavy atom. The predicted octanol–water partition coefficient (Wildman–Crippen LogP) is 13.5. The van der Waals surface area contributed by atoms with Gasteiger partial charge in [0.25, 0.3) is 0 Å². The van der Waals surface area contributed by atoms with Crippen molar-refractivity contribution < 1.29 is 0 Å². The van der Waals surface area contributed by atoms with Gasteiger partial charge in [-0.15, -0.1) is 0 Å². The third-order valence-corrected chi connectivity index (χ3v) is 11.1. The maximum Gasteiger partial charge on any atom is 0.160 e. The van der Waals surface area contributed by atoms with Crippen LogP contribution in [0.25, 0.3) is 106 Å². The summed E-state index contributed by atoms with van der Waals surface area (Å²) in [5.74, 6) is 1.51. The standard InChI is InChI=1S/C54H35N5/c1-5-16-36(17-6-1)37-27-29-40(30-28-37)50-49-51-44(24-15-35-55-51)47(38-18-7-2-8-19-38)48(39-20-9-3-10-21-39)52(49)58-53(57-50)41-31-33-42(34-32-41)54-56-45-25-13-14-26-46(45)59(54)43-22-11-4-12-23-43/h1-35H. The predicted molar refractivity (Wildman–Crippen MR) is 242 cm³/mol. The van der Waals surface area contributed by atoms with Crippen molar-refractivity contribution in [1.29, 1.82) is 0 Å². The van der Waals surface area contributed by atoms with Gasteiger partial charge in [-0.2, -0.15) is 0 Å². The highest BCUT2D eigenvalue weighted by Gasteiger charge is 2.24. The molecule has 0 radical (unpaired) electrons. The SMILES string of the molecule is c1ccc(-c2ccc(-c3nc(-c4ccc(-c5nc6ccccc6n5-c5ccccc5)cc4)nc4c(-c5ccccc5)c(-c5ccccc5)c5cccnc5c34)cc2)cc1. The molecule has 0 aliphatic rings. The van der Waals surface area contributed by atoms with Crippen LogP contribution in [0.5, 0.6) is 0 Å². The zero-order valence-corrected chi connectivity index (χ0v) is 31.9. The molecular weight excluding hydrogens is 719 g/mol. The van der Waals surface area contributed by atoms with Gasteiger partial charge in [-0.3, -0.25) is 9.55 Å². The third kappa shape index (κ3) is 6.04. The summed E-state index contributed by atoms with van der Waals surface area (Å²) in [6.07, 6.45) is 1.87. The second kappa shape index (κ2) is 14.5. The van der Waals surface area contributed by atoms with E-state index in [1.807, 2.05) is 30.5 Å². The summed E-state index contributed by atoms with van der Waals surface area (Å²) in [6.45, 7) is 0. The molecule has 3 heterocycles. The van der Waals surface area contributed by atoms with E-state index < -0.39 is 0 Å². The van der Waals surface area contributed by atoms with E-state index in [0.29, 0.717) is 5.82 Å². The average Bonchev–Trinajstić information content (AvgIpc) is 3.72. The van der Waals surface area contributed by atoms with Crippen LogP contribution in [0.15, 0.2) is 212 Å². The number of aromatic nitrogens is 5. The summed E-state index contributed by atoms with van der Waals surface area (Å²) >= 11 is 0. The molecule has 59 heavy (non-hydrogen) atoms. The van der Waals surface area contributed by atoms with Crippen LogP contribution in [0, 0.1) is 0 Å². The molecule has 0 saturated carbocycles. The Bertz CT molecular complexity index is 3270. The van der Waals surface area contributed by atoms with Crippen LogP contribution in [0.4, 0.5) is 0 Å². The van der Waals surface area contributed by atoms with E-state index in [9.17, 15) is 0 Å². The van der Waals surface area contributed by atoms with E-state index in [1.165, 1.54) is 5.56 Å². The second-order valence-corrected chi connectivity index (χ2v) is 14.6. The summed E-state index contributed by atoms with van der Waals surface area (Å²) in [5.41, 5.74) is 15.1. The lowest BCUT2D eigenvalue weighted by atomic mass is 9.87. The van der Waals surface area contributed by atoms with E-state index >= 15 is 0 Å². The minimum atomic E-state index is 0.634. The molecule has 11 rings (SSSR count). The molecule has 0 fully saturated rings. The molecule has 0 saturated heterocycles. The number of hydrogen-bond donors (Lipinski definition) is 0. The molecule has 8 aromatic carbocycles. The molecule has 0 aliphatic heterocycles. The lowest BCUT2D eigenvalue weighted by Crippen LogP contribution is -2.01. The number of imidazole rings is 1. The molecule has 11 aromatic rings. The summed E-state index contributed by atoms with van der Waals surface area (Å²) in [6, 6.07) is 71.7. The van der Waals surface area contributed by atoms with Gasteiger partial charge in [0.15, 0.2) is 5.82 Å². The Kier molecular flexibility index (Phi) is 8.41. The fourth-order valence-electron chi connectivity index (χ4n) is 8.33. The molecule has 0 aliphatic carbocycles. The number of fused-ring (bicyclic) bond motifs is 4. The van der Waals surface area contributed by atoms with Crippen molar-refractivity contribution in [3.05, 3.63) is 212 Å². The van der Waals surface area contributed by atoms with Gasteiger partial charge in [-0.1, -0.05) is 176 Å². The highest BCUT2D eigenvalue weighted by atomic mass is 15.1. The van der Waals surface area contributed by atoms with Crippen molar-refractivity contribution >= 4 is 32.8 Å². The van der Waals surface area contributed by atoms with Crippen molar-refractivity contribution in [2.75, 3.05) is 0 Å². The van der Waals surface area contributed by atoms with Gasteiger partial charge in [0.2, 0.25) is 0 Å². The Hall–Kier alpha value is -8.02. The molecule has 3 aromatic heterocycles. The van der Waals surface area contributed by atoms with Gasteiger partial charge >= 0.3 is 0 Å². The molecule has 0 spiro atoms. The number of benzene rings is 8. The Morgan fingerprint density at radius 3 is 1.59 bits per heavy atom. The first-order valence-electron chi connectivity index (χ1n) is 19.8. The van der Waals surface area contributed by atoms with E-state index in [2.05, 4.69) is 187 Å². The van der Waals surface area contributed by atoms with E-state index in [-0.39, 0.29) is 0 Å². The smallest absolute Gasteiger partial charge is 0.160 e. The highest BCUT2D eigenvalue weighted by Crippen LogP contribution is 2.46. The summed E-state index contributed by atoms with van der Waals surface area (Å²) in [7, 11) is 0. The van der Waals surface area contributed by atoms with Crippen LogP contribution in [0.3, 0.4) is 0 Å². The average molecular weight is 754 g/mol. The molecule has 5 nitrogen and oxygen atoms in total. The van der Waals surface area contributed by atoms with Crippen LogP contribution in [0.2, 0.25) is 0 Å². The van der Waals surface area contributed by atoms with Crippen LogP contribution >= 0.6 is 0 Å². The van der Waals surface area contributed by atoms with Gasteiger partial charge < -0.3 is 0 Å². The Labute approximate surface area is 341 Å². The van der Waals surface area contributed by atoms with Crippen molar-refractivity contribution in [2.45, 2.75) is 0 Å². The normalized spacial score (nSPS) is 11.4. The minimum Gasteiger partial charge on any atom is -0.292 e. The molecule has 0 bridgehead atoms. The molecule has 5 heteroatoms. The fraction of sp³-hybridized carbons (Fsp3) is 0. The monoisotopic (exact) mass is 753 g/mol. The van der Waals surface area contributed by atoms with Crippen LogP contribution < -0.4 is 0 Å². The fourth-order valence-corrected chi connectivity index (χ4v) is 8.33. The topological polar surface area (TPSA) is 56.5 Å². The van der Waals surface area contributed by atoms with Crippen LogP contribution in [-0.4, -0.2) is 24.5 Å². The van der Waals surface area contributed by atoms with Gasteiger partial charge in [-0.25, -0.2) is 15.0 Å². The number of nitrogens with zero attached hydrogens (tertiary/aromatic N) is 5.